The van der Waals surface area contributed by atoms with Gasteiger partial charge in [-0.25, -0.2) is 9.59 Å². The molecule has 0 radical (unpaired) electrons. The Hall–Kier alpha value is -3.52. The van der Waals surface area contributed by atoms with Crippen LogP contribution in [0.3, 0.4) is 0 Å². The van der Waals surface area contributed by atoms with Crippen LogP contribution in [0.2, 0.25) is 0 Å². The number of nitro groups is 1. The molecule has 0 fully saturated rings. The molecule has 2 aromatic rings. The van der Waals surface area contributed by atoms with Crippen LogP contribution in [-0.2, 0) is 20.7 Å². The number of carbonyl (C=O) groups is 2. The van der Waals surface area contributed by atoms with Crippen molar-refractivity contribution in [3.8, 4) is 0 Å². The third kappa shape index (κ3) is 3.11. The molecule has 0 aliphatic carbocycles. The molecular formula is C23H24N2O6. The minimum Gasteiger partial charge on any atom is -0.478 e. The second-order valence-electron chi connectivity index (χ2n) is 7.53. The normalized spacial score (nSPS) is 23.1. The molecule has 0 saturated heterocycles. The molecule has 4 rings (SSSR count). The number of aliphatic carboxylic acids is 2. The van der Waals surface area contributed by atoms with Gasteiger partial charge in [0, 0.05) is 24.3 Å². The summed E-state index contributed by atoms with van der Waals surface area (Å²) in [5, 5.41) is 26.9. The number of hydrogen-bond acceptors (Lipinski definition) is 5. The molecule has 2 aromatic carbocycles. The van der Waals surface area contributed by atoms with Crippen LogP contribution >= 0.6 is 0 Å². The Kier molecular flexibility index (Phi) is 5.69. The lowest BCUT2D eigenvalue weighted by Gasteiger charge is -2.36. The topological polar surface area (TPSA) is 121 Å². The highest BCUT2D eigenvalue weighted by Gasteiger charge is 2.63. The van der Waals surface area contributed by atoms with E-state index in [2.05, 4.69) is 50.1 Å². The van der Waals surface area contributed by atoms with E-state index in [0.29, 0.717) is 12.2 Å². The predicted molar refractivity (Wildman–Crippen MR) is 114 cm³/mol. The zero-order valence-corrected chi connectivity index (χ0v) is 17.5. The molecule has 31 heavy (non-hydrogen) atoms. The Balaban J connectivity index is 0.000000293. The highest BCUT2D eigenvalue weighted by Crippen LogP contribution is 2.65. The van der Waals surface area contributed by atoms with Gasteiger partial charge in [-0.2, -0.15) is 0 Å². The molecule has 2 N–H and O–H groups in total. The third-order valence-corrected chi connectivity index (χ3v) is 6.46. The zero-order chi connectivity index (χ0) is 23.0. The van der Waals surface area contributed by atoms with Crippen molar-refractivity contribution < 1.29 is 24.7 Å². The number of nitro benzene ring substituents is 1. The molecule has 0 saturated carbocycles. The number of nitrogens with zero attached hydrogens (tertiary/aromatic N) is 2. The van der Waals surface area contributed by atoms with Crippen LogP contribution in [0.4, 0.5) is 5.69 Å². The van der Waals surface area contributed by atoms with Gasteiger partial charge in [-0.15, -0.1) is 0 Å². The second-order valence-corrected chi connectivity index (χ2v) is 7.53. The molecule has 8 nitrogen and oxygen atoms in total. The summed E-state index contributed by atoms with van der Waals surface area (Å²) in [6.07, 6.45) is 2.97. The summed E-state index contributed by atoms with van der Waals surface area (Å²) in [6.45, 7) is 4.38. The van der Waals surface area contributed by atoms with Gasteiger partial charge >= 0.3 is 11.9 Å². The summed E-state index contributed by atoms with van der Waals surface area (Å²) in [5.41, 5.74) is 4.76. The van der Waals surface area contributed by atoms with Crippen molar-refractivity contribution in [3.05, 3.63) is 87.0 Å². The Morgan fingerprint density at radius 1 is 0.935 bits per heavy atom. The fourth-order valence-electron chi connectivity index (χ4n) is 5.27. The lowest BCUT2D eigenvalue weighted by molar-refractivity contribution is -0.385. The van der Waals surface area contributed by atoms with Crippen LogP contribution in [0.5, 0.6) is 0 Å². The first kappa shape index (κ1) is 22.2. The van der Waals surface area contributed by atoms with Crippen LogP contribution in [0.15, 0.2) is 54.6 Å². The van der Waals surface area contributed by atoms with Crippen LogP contribution < -0.4 is 0 Å². The van der Waals surface area contributed by atoms with Gasteiger partial charge < -0.3 is 10.2 Å². The fourth-order valence-corrected chi connectivity index (χ4v) is 5.27. The molecule has 2 aliphatic rings. The largest absolute Gasteiger partial charge is 0.478 e. The molecule has 8 heteroatoms. The van der Waals surface area contributed by atoms with Gasteiger partial charge in [0.05, 0.1) is 16.0 Å². The molecule has 2 heterocycles. The van der Waals surface area contributed by atoms with E-state index < -0.39 is 11.9 Å². The van der Waals surface area contributed by atoms with Crippen LogP contribution in [0.25, 0.3) is 0 Å². The van der Waals surface area contributed by atoms with Crippen molar-refractivity contribution in [2.45, 2.75) is 37.8 Å². The number of carboxylic acid groups (broad SMARTS) is 2. The predicted octanol–water partition coefficient (Wildman–Crippen LogP) is 3.87. The van der Waals surface area contributed by atoms with E-state index in [1.807, 2.05) is 6.07 Å². The molecule has 0 spiro atoms. The monoisotopic (exact) mass is 424 g/mol. The quantitative estimate of drug-likeness (QED) is 0.424. The minimum absolute atomic E-state index is 0.170. The van der Waals surface area contributed by atoms with Crippen LogP contribution in [-0.4, -0.2) is 39.0 Å². The lowest BCUT2D eigenvalue weighted by atomic mass is 9.71. The first-order chi connectivity index (χ1) is 14.7. The van der Waals surface area contributed by atoms with Crippen molar-refractivity contribution in [2.75, 3.05) is 7.05 Å². The van der Waals surface area contributed by atoms with Crippen LogP contribution in [0, 0.1) is 10.1 Å². The number of carboxylic acids is 2. The maximum absolute atomic E-state index is 11.3. The number of rotatable bonds is 5. The molecule has 0 aromatic heterocycles. The maximum atomic E-state index is 11.3. The van der Waals surface area contributed by atoms with E-state index in [0.717, 1.165) is 18.4 Å². The molecule has 2 aliphatic heterocycles. The molecule has 2 unspecified atom stereocenters. The first-order valence-electron chi connectivity index (χ1n) is 9.94. The number of hydrogen-bond donors (Lipinski definition) is 2. The van der Waals surface area contributed by atoms with Crippen LogP contribution in [0.1, 0.15) is 48.9 Å². The number of fused-ring (bicyclic) bond motifs is 8. The minimum atomic E-state index is -1.26. The maximum Gasteiger partial charge on any atom is 0.328 e. The van der Waals surface area contributed by atoms with Crippen molar-refractivity contribution in [1.82, 2.24) is 4.90 Å². The third-order valence-electron chi connectivity index (χ3n) is 6.46. The average molecular weight is 424 g/mol. The summed E-state index contributed by atoms with van der Waals surface area (Å²) in [4.78, 5) is 32.5. The second kappa shape index (κ2) is 7.96. The zero-order valence-electron chi connectivity index (χ0n) is 17.5. The Bertz CT molecular complexity index is 1080. The van der Waals surface area contributed by atoms with Gasteiger partial charge in [-0.1, -0.05) is 38.1 Å². The lowest BCUT2D eigenvalue weighted by Crippen LogP contribution is -2.42. The number of non-ortho nitro benzene ring substituents is 1. The summed E-state index contributed by atoms with van der Waals surface area (Å²) < 4.78 is 0. The van der Waals surface area contributed by atoms with Gasteiger partial charge in [0.25, 0.3) is 5.69 Å². The fraction of sp³-hybridized carbons (Fsp3) is 0.304. The van der Waals surface area contributed by atoms with Gasteiger partial charge in [-0.05, 0) is 48.2 Å². The van der Waals surface area contributed by atoms with Crippen molar-refractivity contribution in [3.63, 3.8) is 0 Å². The van der Waals surface area contributed by atoms with E-state index in [1.54, 1.807) is 12.1 Å². The van der Waals surface area contributed by atoms with Crippen molar-refractivity contribution >= 4 is 17.6 Å². The summed E-state index contributed by atoms with van der Waals surface area (Å²) >= 11 is 0. The molecule has 2 atom stereocenters. The summed E-state index contributed by atoms with van der Waals surface area (Å²) in [5.74, 6) is -2.51. The standard InChI is InChI=1S/C19H20N2O2.C4H4O4/c1-4-18-14-8-6-7-9-15(14)19(5-2,20(18)3)17-12-13(21(22)23)10-11-16(17)18;5-3(6)1-2-4(7)8/h6-12H,4-5H2,1-3H3;1-2H,(H,5,6)(H,7,8)/b;2-1+. The molecular weight excluding hydrogens is 400 g/mol. The van der Waals surface area contributed by atoms with E-state index in [-0.39, 0.29) is 21.7 Å². The summed E-state index contributed by atoms with van der Waals surface area (Å²) in [6, 6.07) is 14.0. The Labute approximate surface area is 179 Å². The molecule has 0 amide bonds. The van der Waals surface area contributed by atoms with Crippen molar-refractivity contribution in [1.29, 1.82) is 0 Å². The van der Waals surface area contributed by atoms with Gasteiger partial charge in [-0.3, -0.25) is 15.0 Å². The Morgan fingerprint density at radius 2 is 1.39 bits per heavy atom. The van der Waals surface area contributed by atoms with Gasteiger partial charge in [0.15, 0.2) is 0 Å². The van der Waals surface area contributed by atoms with E-state index in [4.69, 9.17) is 10.2 Å². The highest BCUT2D eigenvalue weighted by atomic mass is 16.6. The first-order valence-corrected chi connectivity index (χ1v) is 9.94. The van der Waals surface area contributed by atoms with Gasteiger partial charge in [0.1, 0.15) is 0 Å². The van der Waals surface area contributed by atoms with E-state index in [1.165, 1.54) is 16.7 Å². The molecule has 2 bridgehead atoms. The smallest absolute Gasteiger partial charge is 0.328 e. The highest BCUT2D eigenvalue weighted by molar-refractivity contribution is 5.89. The average Bonchev–Trinajstić information content (AvgIpc) is 3.11. The van der Waals surface area contributed by atoms with Gasteiger partial charge in [0.2, 0.25) is 0 Å². The molecule has 162 valence electrons. The van der Waals surface area contributed by atoms with E-state index >= 15 is 0 Å². The van der Waals surface area contributed by atoms with Crippen molar-refractivity contribution in [2.24, 2.45) is 0 Å². The number of benzene rings is 2. The Morgan fingerprint density at radius 3 is 1.81 bits per heavy atom. The SMILES string of the molecule is CCC12c3ccccc3C(CC)(c3cc([N+](=O)[O-])ccc31)N2C.O=C(O)/C=C/C(=O)O. The van der Waals surface area contributed by atoms with E-state index in [9.17, 15) is 19.7 Å². The summed E-state index contributed by atoms with van der Waals surface area (Å²) in [7, 11) is 2.17.